The summed E-state index contributed by atoms with van der Waals surface area (Å²) in [5.41, 5.74) is 1.91. The lowest BCUT2D eigenvalue weighted by atomic mass is 9.98. The van der Waals surface area contributed by atoms with Crippen LogP contribution in [0.15, 0.2) is 18.5 Å². The standard InChI is InChI=1S/C13H19NOSi/c1-5-11(10-16(2,3)4)13-6-7-14-8-12(13)9-15/h1,6-8,11,15H,9-10H2,2-4H3. The molecule has 16 heavy (non-hydrogen) atoms. The van der Waals surface area contributed by atoms with Crippen molar-refractivity contribution in [2.75, 3.05) is 0 Å². The van der Waals surface area contributed by atoms with Crippen LogP contribution in [-0.2, 0) is 6.61 Å². The van der Waals surface area contributed by atoms with Gasteiger partial charge in [-0.15, -0.1) is 6.42 Å². The Hall–Kier alpha value is -1.11. The summed E-state index contributed by atoms with van der Waals surface area (Å²) in [5.74, 6) is 2.95. The fraction of sp³-hybridized carbons (Fsp3) is 0.462. The van der Waals surface area contributed by atoms with Gasteiger partial charge in [0.1, 0.15) is 0 Å². The molecular formula is C13H19NOSi. The third-order valence-corrected chi connectivity index (χ3v) is 4.14. The van der Waals surface area contributed by atoms with Crippen molar-refractivity contribution in [2.45, 2.75) is 38.2 Å². The summed E-state index contributed by atoms with van der Waals surface area (Å²) in [4.78, 5) is 4.01. The Morgan fingerprint density at radius 3 is 2.69 bits per heavy atom. The fourth-order valence-corrected chi connectivity index (χ4v) is 3.34. The summed E-state index contributed by atoms with van der Waals surface area (Å²) in [6, 6.07) is 2.97. The summed E-state index contributed by atoms with van der Waals surface area (Å²) < 4.78 is 0. The molecule has 3 heteroatoms. The van der Waals surface area contributed by atoms with E-state index in [1.165, 1.54) is 0 Å². The molecule has 0 radical (unpaired) electrons. The molecule has 0 saturated heterocycles. The number of aliphatic hydroxyl groups excluding tert-OH is 1. The van der Waals surface area contributed by atoms with Gasteiger partial charge in [0.25, 0.3) is 0 Å². The summed E-state index contributed by atoms with van der Waals surface area (Å²) >= 11 is 0. The number of terminal acetylenes is 1. The zero-order valence-electron chi connectivity index (χ0n) is 10.2. The highest BCUT2D eigenvalue weighted by Crippen LogP contribution is 2.28. The molecule has 1 unspecified atom stereocenters. The van der Waals surface area contributed by atoms with E-state index in [4.69, 9.17) is 6.42 Å². The molecule has 1 aromatic rings. The van der Waals surface area contributed by atoms with Crippen LogP contribution in [0.1, 0.15) is 17.0 Å². The van der Waals surface area contributed by atoms with E-state index < -0.39 is 8.07 Å². The molecule has 1 atom stereocenters. The molecule has 1 N–H and O–H groups in total. The maximum Gasteiger partial charge on any atom is 0.0700 e. The molecule has 0 saturated carbocycles. The zero-order chi connectivity index (χ0) is 12.2. The maximum atomic E-state index is 9.26. The third kappa shape index (κ3) is 3.48. The second-order valence-corrected chi connectivity index (χ2v) is 10.7. The highest BCUT2D eigenvalue weighted by molar-refractivity contribution is 6.76. The number of aromatic nitrogens is 1. The predicted octanol–water partition coefficient (Wildman–Crippen LogP) is 2.63. The van der Waals surface area contributed by atoms with Gasteiger partial charge in [-0.2, -0.15) is 0 Å². The second kappa shape index (κ2) is 5.29. The van der Waals surface area contributed by atoms with Crippen molar-refractivity contribution in [2.24, 2.45) is 0 Å². The molecule has 0 fully saturated rings. The molecule has 0 amide bonds. The van der Waals surface area contributed by atoms with E-state index in [1.54, 1.807) is 12.4 Å². The number of hydrogen-bond donors (Lipinski definition) is 1. The van der Waals surface area contributed by atoms with E-state index in [-0.39, 0.29) is 12.5 Å². The Kier molecular flexibility index (Phi) is 4.28. The molecule has 0 aromatic carbocycles. The average Bonchev–Trinajstić information content (AvgIpc) is 2.24. The summed E-state index contributed by atoms with van der Waals surface area (Å²) in [6.45, 7) is 6.92. The lowest BCUT2D eigenvalue weighted by molar-refractivity contribution is 0.280. The van der Waals surface area contributed by atoms with Gasteiger partial charge in [-0.1, -0.05) is 25.6 Å². The molecule has 0 aliphatic heterocycles. The lowest BCUT2D eigenvalue weighted by Gasteiger charge is -2.22. The topological polar surface area (TPSA) is 33.1 Å². The van der Waals surface area contributed by atoms with E-state index in [0.717, 1.165) is 17.2 Å². The maximum absolute atomic E-state index is 9.26. The first-order valence-electron chi connectivity index (χ1n) is 5.47. The molecule has 86 valence electrons. The number of hydrogen-bond acceptors (Lipinski definition) is 2. The molecular weight excluding hydrogens is 214 g/mol. The van der Waals surface area contributed by atoms with Gasteiger partial charge in [0.2, 0.25) is 0 Å². The Morgan fingerprint density at radius 1 is 1.50 bits per heavy atom. The van der Waals surface area contributed by atoms with E-state index in [0.29, 0.717) is 0 Å². The van der Waals surface area contributed by atoms with Gasteiger partial charge < -0.3 is 5.11 Å². The van der Waals surface area contributed by atoms with Crippen molar-refractivity contribution in [3.63, 3.8) is 0 Å². The highest BCUT2D eigenvalue weighted by Gasteiger charge is 2.21. The van der Waals surface area contributed by atoms with Crippen LogP contribution >= 0.6 is 0 Å². The van der Waals surface area contributed by atoms with Crippen LogP contribution in [-0.4, -0.2) is 18.2 Å². The second-order valence-electron chi connectivity index (χ2n) is 5.22. The van der Waals surface area contributed by atoms with Crippen LogP contribution in [0, 0.1) is 12.3 Å². The Labute approximate surface area is 98.7 Å². The predicted molar refractivity (Wildman–Crippen MR) is 69.9 cm³/mol. The van der Waals surface area contributed by atoms with E-state index in [1.807, 2.05) is 6.07 Å². The SMILES string of the molecule is C#CC(C[Si](C)(C)C)c1ccncc1CO. The van der Waals surface area contributed by atoms with Crippen LogP contribution in [0.3, 0.4) is 0 Å². The average molecular weight is 233 g/mol. The minimum Gasteiger partial charge on any atom is -0.392 e. The van der Waals surface area contributed by atoms with Crippen LogP contribution in [0.5, 0.6) is 0 Å². The van der Waals surface area contributed by atoms with Gasteiger partial charge in [0.15, 0.2) is 0 Å². The molecule has 0 aliphatic carbocycles. The molecule has 2 nitrogen and oxygen atoms in total. The fourth-order valence-electron chi connectivity index (χ4n) is 1.78. The number of nitrogens with zero attached hydrogens (tertiary/aromatic N) is 1. The molecule has 1 aromatic heterocycles. The first-order valence-corrected chi connectivity index (χ1v) is 9.18. The van der Waals surface area contributed by atoms with Crippen molar-refractivity contribution in [3.8, 4) is 12.3 Å². The zero-order valence-corrected chi connectivity index (χ0v) is 11.2. The molecule has 0 bridgehead atoms. The smallest absolute Gasteiger partial charge is 0.0700 e. The third-order valence-electron chi connectivity index (χ3n) is 2.50. The first kappa shape index (κ1) is 13.0. The van der Waals surface area contributed by atoms with Crippen molar-refractivity contribution in [1.82, 2.24) is 4.98 Å². The quantitative estimate of drug-likeness (QED) is 0.640. The van der Waals surface area contributed by atoms with E-state index >= 15 is 0 Å². The van der Waals surface area contributed by atoms with Gasteiger partial charge in [0.05, 0.1) is 6.61 Å². The Balaban J connectivity index is 3.01. The van der Waals surface area contributed by atoms with Crippen LogP contribution in [0.25, 0.3) is 0 Å². The van der Waals surface area contributed by atoms with Crippen LogP contribution in [0.4, 0.5) is 0 Å². The van der Waals surface area contributed by atoms with Crippen molar-refractivity contribution < 1.29 is 5.11 Å². The van der Waals surface area contributed by atoms with E-state index in [2.05, 4.69) is 30.5 Å². The Bertz CT molecular complexity index is 390. The number of pyridine rings is 1. The largest absolute Gasteiger partial charge is 0.392 e. The summed E-state index contributed by atoms with van der Waals surface area (Å²) in [6.07, 6.45) is 9.04. The van der Waals surface area contributed by atoms with Crippen LogP contribution < -0.4 is 0 Å². The lowest BCUT2D eigenvalue weighted by Crippen LogP contribution is -2.23. The minimum absolute atomic E-state index is 0.00700. The van der Waals surface area contributed by atoms with Gasteiger partial charge in [0, 0.05) is 31.9 Å². The summed E-state index contributed by atoms with van der Waals surface area (Å²) in [7, 11) is -1.20. The molecule has 0 spiro atoms. The molecule has 1 rings (SSSR count). The number of rotatable bonds is 4. The van der Waals surface area contributed by atoms with Crippen LogP contribution in [0.2, 0.25) is 25.7 Å². The minimum atomic E-state index is -1.20. The molecule has 1 heterocycles. The van der Waals surface area contributed by atoms with Gasteiger partial charge in [-0.3, -0.25) is 4.98 Å². The van der Waals surface area contributed by atoms with Gasteiger partial charge >= 0.3 is 0 Å². The van der Waals surface area contributed by atoms with E-state index in [9.17, 15) is 5.11 Å². The van der Waals surface area contributed by atoms with Gasteiger partial charge in [-0.05, 0) is 17.7 Å². The Morgan fingerprint density at radius 2 is 2.19 bits per heavy atom. The van der Waals surface area contributed by atoms with Gasteiger partial charge in [-0.25, -0.2) is 0 Å². The highest BCUT2D eigenvalue weighted by atomic mass is 28.3. The number of aliphatic hydroxyl groups is 1. The first-order chi connectivity index (χ1) is 7.48. The summed E-state index contributed by atoms with van der Waals surface area (Å²) in [5, 5.41) is 9.26. The van der Waals surface area contributed by atoms with Crippen molar-refractivity contribution in [1.29, 1.82) is 0 Å². The van der Waals surface area contributed by atoms with Crippen molar-refractivity contribution in [3.05, 3.63) is 29.6 Å². The van der Waals surface area contributed by atoms with Crippen molar-refractivity contribution >= 4 is 8.07 Å². The molecule has 0 aliphatic rings. The monoisotopic (exact) mass is 233 g/mol. The normalized spacial score (nSPS) is 13.2.